The second-order valence-electron chi connectivity index (χ2n) is 7.55. The van der Waals surface area contributed by atoms with Crippen LogP contribution in [0.2, 0.25) is 0 Å². The molecule has 0 fully saturated rings. The fraction of sp³-hybridized carbons (Fsp3) is 0.167. The molecule has 1 aliphatic rings. The lowest BCUT2D eigenvalue weighted by atomic mass is 10.00. The van der Waals surface area contributed by atoms with Crippen LogP contribution in [0.3, 0.4) is 0 Å². The molecule has 1 N–H and O–H groups in total. The smallest absolute Gasteiger partial charge is 0.338 e. The summed E-state index contributed by atoms with van der Waals surface area (Å²) in [4.78, 5) is 26.4. The molecule has 0 aliphatic carbocycles. The number of carbonyl (C=O) groups is 2. The highest BCUT2D eigenvalue weighted by Gasteiger charge is 2.22. The number of sulfonamides is 1. The number of ether oxygens (including phenoxy) is 1. The summed E-state index contributed by atoms with van der Waals surface area (Å²) in [5.74, 6) is -1.62. The zero-order chi connectivity index (χ0) is 23.4. The van der Waals surface area contributed by atoms with Crippen molar-refractivity contribution >= 4 is 27.6 Å². The number of amides is 1. The minimum Gasteiger partial charge on any atom is -0.452 e. The zero-order valence-electron chi connectivity index (χ0n) is 17.5. The lowest BCUT2D eigenvalue weighted by Gasteiger charge is -2.28. The van der Waals surface area contributed by atoms with Crippen LogP contribution in [0.4, 0.5) is 10.1 Å². The van der Waals surface area contributed by atoms with Crippen LogP contribution in [0, 0.1) is 5.82 Å². The van der Waals surface area contributed by atoms with Gasteiger partial charge >= 0.3 is 5.97 Å². The van der Waals surface area contributed by atoms with Crippen molar-refractivity contribution in [3.05, 3.63) is 95.3 Å². The van der Waals surface area contributed by atoms with Gasteiger partial charge in [0.25, 0.3) is 15.9 Å². The summed E-state index contributed by atoms with van der Waals surface area (Å²) in [6.07, 6.45) is 0.733. The molecule has 9 heteroatoms. The Balaban J connectivity index is 1.38. The molecule has 1 amide bonds. The van der Waals surface area contributed by atoms with Gasteiger partial charge in [0, 0.05) is 18.8 Å². The third kappa shape index (κ3) is 5.38. The normalized spacial score (nSPS) is 13.2. The Bertz CT molecular complexity index is 1290. The Morgan fingerprint density at radius 1 is 0.970 bits per heavy atom. The van der Waals surface area contributed by atoms with Crippen molar-refractivity contribution in [2.45, 2.75) is 17.9 Å². The van der Waals surface area contributed by atoms with Crippen LogP contribution in [-0.4, -0.2) is 38.3 Å². The molecule has 0 unspecified atom stereocenters. The van der Waals surface area contributed by atoms with Crippen LogP contribution in [-0.2, 0) is 32.5 Å². The van der Waals surface area contributed by atoms with Crippen LogP contribution < -0.4 is 4.72 Å². The van der Waals surface area contributed by atoms with Crippen molar-refractivity contribution in [2.75, 3.05) is 17.9 Å². The van der Waals surface area contributed by atoms with Crippen molar-refractivity contribution in [3.63, 3.8) is 0 Å². The number of hydrogen-bond donors (Lipinski definition) is 1. The lowest BCUT2D eigenvalue weighted by Crippen LogP contribution is -2.38. The molecule has 1 aliphatic heterocycles. The summed E-state index contributed by atoms with van der Waals surface area (Å²) in [6, 6.07) is 18.0. The van der Waals surface area contributed by atoms with Gasteiger partial charge in [-0.15, -0.1) is 0 Å². The van der Waals surface area contributed by atoms with E-state index in [0.29, 0.717) is 13.1 Å². The Morgan fingerprint density at radius 2 is 1.70 bits per heavy atom. The summed E-state index contributed by atoms with van der Waals surface area (Å²) in [6.45, 7) is 0.553. The summed E-state index contributed by atoms with van der Waals surface area (Å²) < 4.78 is 45.7. The molecule has 3 aromatic rings. The molecule has 0 radical (unpaired) electrons. The predicted octanol–water partition coefficient (Wildman–Crippen LogP) is 3.37. The largest absolute Gasteiger partial charge is 0.452 e. The van der Waals surface area contributed by atoms with E-state index < -0.39 is 28.4 Å². The van der Waals surface area contributed by atoms with Crippen LogP contribution in [0.25, 0.3) is 0 Å². The second-order valence-corrected chi connectivity index (χ2v) is 9.23. The fourth-order valence-corrected chi connectivity index (χ4v) is 4.64. The molecular weight excluding hydrogens is 447 g/mol. The molecule has 3 aromatic carbocycles. The molecule has 4 rings (SSSR count). The summed E-state index contributed by atoms with van der Waals surface area (Å²) >= 11 is 0. The lowest BCUT2D eigenvalue weighted by molar-refractivity contribution is -0.135. The number of rotatable bonds is 6. The number of anilines is 1. The summed E-state index contributed by atoms with van der Waals surface area (Å²) in [5, 5.41) is 0. The number of nitrogens with one attached hydrogen (secondary N) is 1. The minimum absolute atomic E-state index is 0.00577. The van der Waals surface area contributed by atoms with Crippen molar-refractivity contribution in [1.82, 2.24) is 4.90 Å². The number of esters is 1. The molecule has 0 saturated heterocycles. The third-order valence-corrected chi connectivity index (χ3v) is 6.67. The maximum Gasteiger partial charge on any atom is 0.338 e. The molecule has 0 aromatic heterocycles. The van der Waals surface area contributed by atoms with Gasteiger partial charge in [-0.05, 0) is 60.0 Å². The first-order valence-electron chi connectivity index (χ1n) is 10.2. The van der Waals surface area contributed by atoms with Crippen LogP contribution in [0.1, 0.15) is 21.5 Å². The molecule has 0 bridgehead atoms. The number of hydrogen-bond acceptors (Lipinski definition) is 5. The first-order valence-corrected chi connectivity index (χ1v) is 11.7. The summed E-state index contributed by atoms with van der Waals surface area (Å²) in [5.41, 5.74) is 2.44. The number of fused-ring (bicyclic) bond motifs is 1. The van der Waals surface area contributed by atoms with E-state index in [1.807, 2.05) is 24.3 Å². The number of carbonyl (C=O) groups excluding carboxylic acids is 2. The predicted molar refractivity (Wildman–Crippen MR) is 119 cm³/mol. The average Bonchev–Trinajstić information content (AvgIpc) is 2.83. The first-order chi connectivity index (χ1) is 15.8. The Morgan fingerprint density at radius 3 is 2.45 bits per heavy atom. The number of halogens is 1. The molecule has 0 atom stereocenters. The van der Waals surface area contributed by atoms with E-state index in [9.17, 15) is 22.4 Å². The van der Waals surface area contributed by atoms with Gasteiger partial charge < -0.3 is 9.64 Å². The van der Waals surface area contributed by atoms with Crippen LogP contribution in [0.5, 0.6) is 0 Å². The highest BCUT2D eigenvalue weighted by Crippen LogP contribution is 2.20. The van der Waals surface area contributed by atoms with E-state index in [4.69, 9.17) is 4.74 Å². The fourth-order valence-electron chi connectivity index (χ4n) is 3.53. The maximum atomic E-state index is 13.0. The highest BCUT2D eigenvalue weighted by atomic mass is 32.2. The average molecular weight is 469 g/mol. The number of benzene rings is 3. The second kappa shape index (κ2) is 9.41. The van der Waals surface area contributed by atoms with Gasteiger partial charge in [-0.25, -0.2) is 17.6 Å². The SMILES string of the molecule is O=C(OCC(=O)N1CCc2ccccc2C1)c1cccc(S(=O)(=O)Nc2ccc(F)cc2)c1. The van der Waals surface area contributed by atoms with Crippen molar-refractivity contribution < 1.29 is 27.1 Å². The van der Waals surface area contributed by atoms with Crippen molar-refractivity contribution in [2.24, 2.45) is 0 Å². The number of nitrogens with zero attached hydrogens (tertiary/aromatic N) is 1. The van der Waals surface area contributed by atoms with E-state index >= 15 is 0 Å². The van der Waals surface area contributed by atoms with Crippen LogP contribution >= 0.6 is 0 Å². The van der Waals surface area contributed by atoms with Crippen molar-refractivity contribution in [3.8, 4) is 0 Å². The Kier molecular flexibility index (Phi) is 6.41. The van der Waals surface area contributed by atoms with Gasteiger partial charge in [0.1, 0.15) is 5.82 Å². The molecule has 0 saturated carbocycles. The zero-order valence-corrected chi connectivity index (χ0v) is 18.3. The third-order valence-electron chi connectivity index (χ3n) is 5.29. The Hall–Kier alpha value is -3.72. The van der Waals surface area contributed by atoms with Gasteiger partial charge in [0.2, 0.25) is 0 Å². The van der Waals surface area contributed by atoms with Gasteiger partial charge in [0.05, 0.1) is 10.5 Å². The monoisotopic (exact) mass is 468 g/mol. The maximum absolute atomic E-state index is 13.0. The van der Waals surface area contributed by atoms with Gasteiger partial charge in [-0.3, -0.25) is 9.52 Å². The molecule has 0 spiro atoms. The van der Waals surface area contributed by atoms with E-state index in [1.165, 1.54) is 35.9 Å². The van der Waals surface area contributed by atoms with E-state index in [-0.39, 0.29) is 22.1 Å². The van der Waals surface area contributed by atoms with Gasteiger partial charge in [-0.2, -0.15) is 0 Å². The Labute approximate surface area is 190 Å². The van der Waals surface area contributed by atoms with E-state index in [0.717, 1.165) is 30.2 Å². The van der Waals surface area contributed by atoms with Crippen molar-refractivity contribution in [1.29, 1.82) is 0 Å². The molecule has 33 heavy (non-hydrogen) atoms. The summed E-state index contributed by atoms with van der Waals surface area (Å²) in [7, 11) is -4.01. The van der Waals surface area contributed by atoms with Crippen LogP contribution in [0.15, 0.2) is 77.7 Å². The van der Waals surface area contributed by atoms with Gasteiger partial charge in [0.15, 0.2) is 6.61 Å². The highest BCUT2D eigenvalue weighted by molar-refractivity contribution is 7.92. The molecule has 7 nitrogen and oxygen atoms in total. The quantitative estimate of drug-likeness (QED) is 0.560. The molecule has 1 heterocycles. The molecule has 170 valence electrons. The first kappa shape index (κ1) is 22.5. The van der Waals surface area contributed by atoms with E-state index in [2.05, 4.69) is 4.72 Å². The minimum atomic E-state index is -4.01. The molecular formula is C24H21FN2O5S. The van der Waals surface area contributed by atoms with E-state index in [1.54, 1.807) is 4.90 Å². The van der Waals surface area contributed by atoms with Gasteiger partial charge in [-0.1, -0.05) is 30.3 Å². The topological polar surface area (TPSA) is 92.8 Å². The standard InChI is InChI=1S/C24H21FN2O5S/c25-20-8-10-21(11-9-20)26-33(30,31)22-7-3-6-18(14-22)24(29)32-16-23(28)27-13-12-17-4-1-2-5-19(17)15-27/h1-11,14,26H,12-13,15-16H2.